The number of nitrogens with one attached hydrogen (secondary N) is 1. The van der Waals surface area contributed by atoms with Crippen LogP contribution in [0.3, 0.4) is 0 Å². The smallest absolute Gasteiger partial charge is 0.251 e. The van der Waals surface area contributed by atoms with Crippen molar-refractivity contribution in [3.05, 3.63) is 28.2 Å². The quantitative estimate of drug-likeness (QED) is 0.791. The molecule has 0 saturated heterocycles. The summed E-state index contributed by atoms with van der Waals surface area (Å²) in [7, 11) is 0. The van der Waals surface area contributed by atoms with Crippen LogP contribution in [0.2, 0.25) is 0 Å². The molecule has 86 valence electrons. The summed E-state index contributed by atoms with van der Waals surface area (Å²) in [6, 6.07) is 1.67. The van der Waals surface area contributed by atoms with E-state index in [9.17, 15) is 9.59 Å². The highest BCUT2D eigenvalue weighted by Crippen LogP contribution is 2.27. The van der Waals surface area contributed by atoms with Gasteiger partial charge in [-0.15, -0.1) is 11.3 Å². The van der Waals surface area contributed by atoms with Crippen molar-refractivity contribution >= 4 is 28.2 Å². The van der Waals surface area contributed by atoms with Crippen LogP contribution in [0.15, 0.2) is 17.7 Å². The highest BCUT2D eigenvalue weighted by molar-refractivity contribution is 7.16. The number of allylic oxidation sites excluding steroid dienone is 1. The molecular formula is C11H14N2O2S. The van der Waals surface area contributed by atoms with Crippen LogP contribution in [0.1, 0.15) is 29.1 Å². The lowest BCUT2D eigenvalue weighted by Crippen LogP contribution is -2.15. The molecule has 1 heterocycles. The van der Waals surface area contributed by atoms with Crippen LogP contribution in [0, 0.1) is 6.92 Å². The standard InChI is InChI=1S/C11H14N2O2S/c1-6(2)4-9(14)13-11-8(10(12)15)5-7(3)16-11/h4-5H,1-3H3,(H2,12,15)(H,13,14). The number of anilines is 1. The maximum atomic E-state index is 11.5. The van der Waals surface area contributed by atoms with Crippen molar-refractivity contribution in [1.82, 2.24) is 0 Å². The van der Waals surface area contributed by atoms with Crippen molar-refractivity contribution in [3.63, 3.8) is 0 Å². The van der Waals surface area contributed by atoms with Gasteiger partial charge >= 0.3 is 0 Å². The first-order chi connectivity index (χ1) is 7.40. The third-order valence-electron chi connectivity index (χ3n) is 1.78. The van der Waals surface area contributed by atoms with E-state index in [1.165, 1.54) is 17.4 Å². The molecule has 0 aliphatic carbocycles. The fourth-order valence-corrected chi connectivity index (χ4v) is 2.12. The third-order valence-corrected chi connectivity index (χ3v) is 2.74. The molecule has 5 heteroatoms. The first-order valence-electron chi connectivity index (χ1n) is 4.76. The number of rotatable bonds is 3. The Labute approximate surface area is 98.1 Å². The van der Waals surface area contributed by atoms with E-state index in [0.717, 1.165) is 10.5 Å². The average molecular weight is 238 g/mol. The van der Waals surface area contributed by atoms with E-state index in [-0.39, 0.29) is 5.91 Å². The van der Waals surface area contributed by atoms with Gasteiger partial charge in [-0.05, 0) is 26.8 Å². The molecule has 0 fully saturated rings. The van der Waals surface area contributed by atoms with E-state index in [4.69, 9.17) is 5.73 Å². The summed E-state index contributed by atoms with van der Waals surface area (Å²) in [4.78, 5) is 23.5. The van der Waals surface area contributed by atoms with Gasteiger partial charge in [-0.2, -0.15) is 0 Å². The monoisotopic (exact) mass is 238 g/mol. The molecule has 0 aliphatic rings. The van der Waals surface area contributed by atoms with E-state index in [1.54, 1.807) is 6.07 Å². The Bertz CT molecular complexity index is 457. The highest BCUT2D eigenvalue weighted by Gasteiger charge is 2.13. The van der Waals surface area contributed by atoms with Crippen LogP contribution in [-0.4, -0.2) is 11.8 Å². The summed E-state index contributed by atoms with van der Waals surface area (Å²) < 4.78 is 0. The first-order valence-corrected chi connectivity index (χ1v) is 5.58. The zero-order chi connectivity index (χ0) is 12.3. The van der Waals surface area contributed by atoms with Crippen molar-refractivity contribution in [2.75, 3.05) is 5.32 Å². The molecule has 3 N–H and O–H groups in total. The van der Waals surface area contributed by atoms with Gasteiger partial charge in [0.05, 0.1) is 5.56 Å². The lowest BCUT2D eigenvalue weighted by Gasteiger charge is -2.01. The fraction of sp³-hybridized carbons (Fsp3) is 0.273. The van der Waals surface area contributed by atoms with Gasteiger partial charge in [0.15, 0.2) is 0 Å². The lowest BCUT2D eigenvalue weighted by atomic mass is 10.2. The van der Waals surface area contributed by atoms with Gasteiger partial charge in [-0.1, -0.05) is 5.57 Å². The van der Waals surface area contributed by atoms with Crippen molar-refractivity contribution in [1.29, 1.82) is 0 Å². The summed E-state index contributed by atoms with van der Waals surface area (Å²) in [5.74, 6) is -0.777. The molecule has 0 radical (unpaired) electrons. The Hall–Kier alpha value is -1.62. The van der Waals surface area contributed by atoms with E-state index >= 15 is 0 Å². The molecule has 0 atom stereocenters. The minimum Gasteiger partial charge on any atom is -0.366 e. The second kappa shape index (κ2) is 4.94. The number of aryl methyl sites for hydroxylation is 1. The molecule has 1 rings (SSSR count). The number of primary amides is 1. The fourth-order valence-electron chi connectivity index (χ4n) is 1.20. The SMILES string of the molecule is CC(C)=CC(=O)Nc1sc(C)cc1C(N)=O. The molecule has 16 heavy (non-hydrogen) atoms. The van der Waals surface area contributed by atoms with Gasteiger partial charge in [0, 0.05) is 11.0 Å². The molecule has 1 aromatic heterocycles. The van der Waals surface area contributed by atoms with Gasteiger partial charge in [0.2, 0.25) is 5.91 Å². The lowest BCUT2D eigenvalue weighted by molar-refractivity contribution is -0.111. The van der Waals surface area contributed by atoms with Crippen LogP contribution < -0.4 is 11.1 Å². The first kappa shape index (κ1) is 12.4. The topological polar surface area (TPSA) is 72.2 Å². The predicted octanol–water partition coefficient (Wildman–Crippen LogP) is 2.06. The van der Waals surface area contributed by atoms with Crippen molar-refractivity contribution in [3.8, 4) is 0 Å². The van der Waals surface area contributed by atoms with Crippen LogP contribution in [-0.2, 0) is 4.79 Å². The van der Waals surface area contributed by atoms with Crippen molar-refractivity contribution in [2.24, 2.45) is 5.73 Å². The average Bonchev–Trinajstić information content (AvgIpc) is 2.44. The Kier molecular flexibility index (Phi) is 3.84. The highest BCUT2D eigenvalue weighted by atomic mass is 32.1. The number of hydrogen-bond donors (Lipinski definition) is 2. The van der Waals surface area contributed by atoms with Crippen molar-refractivity contribution in [2.45, 2.75) is 20.8 Å². The molecular weight excluding hydrogens is 224 g/mol. The van der Waals surface area contributed by atoms with Crippen LogP contribution >= 0.6 is 11.3 Å². The minimum absolute atomic E-state index is 0.246. The summed E-state index contributed by atoms with van der Waals surface area (Å²) in [6.07, 6.45) is 1.47. The molecule has 0 bridgehead atoms. The molecule has 0 unspecified atom stereocenters. The van der Waals surface area contributed by atoms with Crippen LogP contribution in [0.25, 0.3) is 0 Å². The summed E-state index contributed by atoms with van der Waals surface area (Å²) in [6.45, 7) is 5.51. The Morgan fingerprint density at radius 3 is 2.56 bits per heavy atom. The van der Waals surface area contributed by atoms with Gasteiger partial charge < -0.3 is 11.1 Å². The van der Waals surface area contributed by atoms with E-state index in [1.807, 2.05) is 20.8 Å². The number of hydrogen-bond acceptors (Lipinski definition) is 3. The van der Waals surface area contributed by atoms with E-state index in [2.05, 4.69) is 5.32 Å². The largest absolute Gasteiger partial charge is 0.366 e. The van der Waals surface area contributed by atoms with Gasteiger partial charge in [-0.25, -0.2) is 0 Å². The predicted molar refractivity (Wildman–Crippen MR) is 65.6 cm³/mol. The van der Waals surface area contributed by atoms with Gasteiger partial charge in [0.1, 0.15) is 5.00 Å². The maximum absolute atomic E-state index is 11.5. The summed E-state index contributed by atoms with van der Waals surface area (Å²) in [5, 5.41) is 3.15. The molecule has 1 aromatic rings. The number of thiophene rings is 1. The number of amides is 2. The normalized spacial score (nSPS) is 9.69. The minimum atomic E-state index is -0.531. The van der Waals surface area contributed by atoms with E-state index in [0.29, 0.717) is 10.6 Å². The van der Waals surface area contributed by atoms with Crippen LogP contribution in [0.4, 0.5) is 5.00 Å². The Morgan fingerprint density at radius 2 is 2.06 bits per heavy atom. The number of nitrogens with two attached hydrogens (primary N) is 1. The molecule has 0 aliphatic heterocycles. The summed E-state index contributed by atoms with van der Waals surface area (Å²) in [5.41, 5.74) is 6.46. The second-order valence-corrected chi connectivity index (χ2v) is 4.93. The number of carbonyl (C=O) groups is 2. The zero-order valence-corrected chi connectivity index (χ0v) is 10.3. The zero-order valence-electron chi connectivity index (χ0n) is 9.46. The van der Waals surface area contributed by atoms with Crippen molar-refractivity contribution < 1.29 is 9.59 Å². The maximum Gasteiger partial charge on any atom is 0.251 e. The molecule has 4 nitrogen and oxygen atoms in total. The molecule has 0 aromatic carbocycles. The molecule has 0 spiro atoms. The third kappa shape index (κ3) is 3.20. The number of carbonyl (C=O) groups excluding carboxylic acids is 2. The molecule has 0 saturated carbocycles. The summed E-state index contributed by atoms with van der Waals surface area (Å²) >= 11 is 1.34. The molecule has 2 amide bonds. The van der Waals surface area contributed by atoms with E-state index < -0.39 is 5.91 Å². The Balaban J connectivity index is 2.93. The Morgan fingerprint density at radius 1 is 1.44 bits per heavy atom. The van der Waals surface area contributed by atoms with Gasteiger partial charge in [0.25, 0.3) is 5.91 Å². The van der Waals surface area contributed by atoms with Gasteiger partial charge in [-0.3, -0.25) is 9.59 Å². The van der Waals surface area contributed by atoms with Crippen LogP contribution in [0.5, 0.6) is 0 Å². The second-order valence-electron chi connectivity index (χ2n) is 3.68.